The van der Waals surface area contributed by atoms with Gasteiger partial charge < -0.3 is 4.48 Å². The summed E-state index contributed by atoms with van der Waals surface area (Å²) in [5, 5.41) is 2.82. The highest BCUT2D eigenvalue weighted by molar-refractivity contribution is 5.93. The third-order valence-electron chi connectivity index (χ3n) is 6.44. The molecule has 0 amide bonds. The van der Waals surface area contributed by atoms with Crippen molar-refractivity contribution in [3.8, 4) is 0 Å². The summed E-state index contributed by atoms with van der Waals surface area (Å²) in [5.74, 6) is 0. The molecule has 0 saturated carbocycles. The van der Waals surface area contributed by atoms with Crippen molar-refractivity contribution in [1.82, 2.24) is 0 Å². The van der Waals surface area contributed by atoms with Gasteiger partial charge in [-0.05, 0) is 46.9 Å². The Morgan fingerprint density at radius 2 is 1.82 bits per heavy atom. The first kappa shape index (κ1) is 12.9. The highest BCUT2D eigenvalue weighted by Crippen LogP contribution is 2.49. The lowest BCUT2D eigenvalue weighted by Crippen LogP contribution is -2.44. The van der Waals surface area contributed by atoms with Crippen LogP contribution < -0.4 is 0 Å². The molecule has 22 heavy (non-hydrogen) atoms. The number of nitrogens with zero attached hydrogens (tertiary/aromatic N) is 1. The van der Waals surface area contributed by atoms with Crippen molar-refractivity contribution >= 4 is 16.8 Å². The smallest absolute Gasteiger partial charge is 0.101 e. The molecule has 2 fully saturated rings. The minimum absolute atomic E-state index is 0.403. The molecule has 2 aliphatic heterocycles. The van der Waals surface area contributed by atoms with E-state index >= 15 is 0 Å². The third-order valence-corrected chi connectivity index (χ3v) is 6.44. The summed E-state index contributed by atoms with van der Waals surface area (Å²) >= 11 is 0. The monoisotopic (exact) mass is 290 g/mol. The number of hydrogen-bond donors (Lipinski definition) is 0. The Hall–Kier alpha value is -1.60. The van der Waals surface area contributed by atoms with Crippen molar-refractivity contribution < 1.29 is 4.48 Å². The van der Waals surface area contributed by atoms with Gasteiger partial charge in [0.05, 0.1) is 19.6 Å². The van der Waals surface area contributed by atoms with E-state index in [0.717, 1.165) is 0 Å². The van der Waals surface area contributed by atoms with Crippen molar-refractivity contribution in [3.05, 3.63) is 53.1 Å². The lowest BCUT2D eigenvalue weighted by Gasteiger charge is -2.32. The van der Waals surface area contributed by atoms with Crippen molar-refractivity contribution in [2.24, 2.45) is 5.41 Å². The average molecular weight is 290 g/mol. The van der Waals surface area contributed by atoms with Gasteiger partial charge in [0.1, 0.15) is 6.54 Å². The van der Waals surface area contributed by atoms with Gasteiger partial charge in [-0.3, -0.25) is 0 Å². The highest BCUT2D eigenvalue weighted by atomic mass is 15.4. The van der Waals surface area contributed by atoms with Crippen molar-refractivity contribution in [1.29, 1.82) is 0 Å². The van der Waals surface area contributed by atoms with Crippen LogP contribution in [0.4, 0.5) is 0 Å². The predicted molar refractivity (Wildman–Crippen MR) is 92.7 cm³/mol. The molecule has 2 saturated heterocycles. The van der Waals surface area contributed by atoms with Gasteiger partial charge in [-0.15, -0.1) is 0 Å². The first-order valence-electron chi connectivity index (χ1n) is 8.74. The Bertz CT molecular complexity index is 795. The van der Waals surface area contributed by atoms with Crippen LogP contribution in [0, 0.1) is 5.41 Å². The summed E-state index contributed by atoms with van der Waals surface area (Å²) in [6.07, 6.45) is 6.66. The average Bonchev–Trinajstić information content (AvgIpc) is 3.07. The number of fused-ring (bicyclic) bond motifs is 4. The second kappa shape index (κ2) is 4.23. The lowest BCUT2D eigenvalue weighted by atomic mass is 9.73. The molecule has 112 valence electrons. The molecular formula is C21H24N+. The van der Waals surface area contributed by atoms with Crippen LogP contribution in [0.25, 0.3) is 16.8 Å². The van der Waals surface area contributed by atoms with E-state index in [9.17, 15) is 0 Å². The van der Waals surface area contributed by atoms with Gasteiger partial charge in [-0.25, -0.2) is 0 Å². The zero-order chi connectivity index (χ0) is 14.8. The van der Waals surface area contributed by atoms with E-state index in [1.165, 1.54) is 66.3 Å². The zero-order valence-corrected chi connectivity index (χ0v) is 13.4. The van der Waals surface area contributed by atoms with Crippen LogP contribution in [0.3, 0.4) is 0 Å². The quantitative estimate of drug-likeness (QED) is 0.630. The first-order valence-corrected chi connectivity index (χ1v) is 8.74. The number of quaternary nitrogens is 1. The van der Waals surface area contributed by atoms with Gasteiger partial charge >= 0.3 is 0 Å². The minimum Gasteiger partial charge on any atom is -0.319 e. The first-order chi connectivity index (χ1) is 10.7. The summed E-state index contributed by atoms with van der Waals surface area (Å²) in [6.45, 7) is 8.00. The van der Waals surface area contributed by atoms with Gasteiger partial charge in [-0.1, -0.05) is 36.4 Å². The molecule has 1 nitrogen and oxygen atoms in total. The summed E-state index contributed by atoms with van der Waals surface area (Å²) in [4.78, 5) is 0. The van der Waals surface area contributed by atoms with Crippen molar-refractivity contribution in [3.63, 3.8) is 0 Å². The predicted octanol–water partition coefficient (Wildman–Crippen LogP) is 4.41. The Labute approximate surface area is 132 Å². The van der Waals surface area contributed by atoms with Gasteiger partial charge in [0, 0.05) is 18.3 Å². The molecule has 1 heteroatoms. The maximum atomic E-state index is 2.56. The van der Waals surface area contributed by atoms with Gasteiger partial charge in [0.2, 0.25) is 0 Å². The van der Waals surface area contributed by atoms with Gasteiger partial charge in [0.25, 0.3) is 0 Å². The van der Waals surface area contributed by atoms with E-state index in [4.69, 9.17) is 0 Å². The fourth-order valence-corrected chi connectivity index (χ4v) is 5.42. The Balaban J connectivity index is 1.67. The minimum atomic E-state index is 0.403. The molecule has 0 N–H and O–H groups in total. The highest BCUT2D eigenvalue weighted by Gasteiger charge is 2.51. The Kier molecular flexibility index (Phi) is 2.48. The van der Waals surface area contributed by atoms with E-state index in [0.29, 0.717) is 5.41 Å². The molecule has 2 aromatic carbocycles. The second-order valence-electron chi connectivity index (χ2n) is 8.08. The molecule has 1 unspecified atom stereocenters. The third kappa shape index (κ3) is 1.69. The SMILES string of the molecule is CC12Cc3ccc4ccccc4c3C=C1C[N+]1(CCCC1)C2. The topological polar surface area (TPSA) is 0 Å². The molecule has 0 bridgehead atoms. The van der Waals surface area contributed by atoms with Crippen molar-refractivity contribution in [2.75, 3.05) is 26.2 Å². The van der Waals surface area contributed by atoms with Crippen LogP contribution in [-0.4, -0.2) is 30.7 Å². The van der Waals surface area contributed by atoms with Crippen molar-refractivity contribution in [2.45, 2.75) is 26.2 Å². The molecule has 2 heterocycles. The lowest BCUT2D eigenvalue weighted by molar-refractivity contribution is -0.906. The maximum absolute atomic E-state index is 2.56. The van der Waals surface area contributed by atoms with Gasteiger partial charge in [0.15, 0.2) is 0 Å². The Morgan fingerprint density at radius 1 is 1.00 bits per heavy atom. The summed E-state index contributed by atoms with van der Waals surface area (Å²) in [7, 11) is 0. The molecular weight excluding hydrogens is 266 g/mol. The number of benzene rings is 2. The fraction of sp³-hybridized carbons (Fsp3) is 0.429. The molecule has 2 aromatic rings. The van der Waals surface area contributed by atoms with Crippen LogP contribution in [0.5, 0.6) is 0 Å². The Morgan fingerprint density at radius 3 is 2.68 bits per heavy atom. The summed E-state index contributed by atoms with van der Waals surface area (Å²) < 4.78 is 1.37. The molecule has 1 aliphatic carbocycles. The molecule has 0 aromatic heterocycles. The van der Waals surface area contributed by atoms with E-state index in [1.54, 1.807) is 11.1 Å². The number of rotatable bonds is 0. The number of hydrogen-bond acceptors (Lipinski definition) is 0. The zero-order valence-electron chi connectivity index (χ0n) is 13.4. The standard InChI is InChI=1S/C21H24N/c1-21-13-17-9-8-16-6-2-3-7-19(16)20(17)12-18(21)14-22(15-21)10-4-5-11-22/h2-3,6-9,12H,4-5,10-11,13-15H2,1H3/q+1. The molecule has 1 spiro atoms. The normalized spacial score (nSPS) is 28.7. The molecule has 1 atom stereocenters. The fourth-order valence-electron chi connectivity index (χ4n) is 5.42. The van der Waals surface area contributed by atoms with E-state index in [2.05, 4.69) is 49.4 Å². The largest absolute Gasteiger partial charge is 0.319 e. The molecule has 0 radical (unpaired) electrons. The molecule has 3 aliphatic rings. The molecule has 5 rings (SSSR count). The van der Waals surface area contributed by atoms with Crippen LogP contribution in [0.15, 0.2) is 42.0 Å². The van der Waals surface area contributed by atoms with Crippen LogP contribution >= 0.6 is 0 Å². The second-order valence-corrected chi connectivity index (χ2v) is 8.08. The van der Waals surface area contributed by atoms with E-state index in [1.807, 2.05) is 0 Å². The van der Waals surface area contributed by atoms with E-state index in [-0.39, 0.29) is 0 Å². The van der Waals surface area contributed by atoms with Crippen LogP contribution in [0.1, 0.15) is 30.9 Å². The van der Waals surface area contributed by atoms with E-state index < -0.39 is 0 Å². The summed E-state index contributed by atoms with van der Waals surface area (Å²) in [6, 6.07) is 13.6. The maximum Gasteiger partial charge on any atom is 0.101 e. The van der Waals surface area contributed by atoms with Crippen LogP contribution in [0.2, 0.25) is 0 Å². The van der Waals surface area contributed by atoms with Gasteiger partial charge in [-0.2, -0.15) is 0 Å². The summed E-state index contributed by atoms with van der Waals surface area (Å²) in [5.41, 5.74) is 5.19. The van der Waals surface area contributed by atoms with Crippen LogP contribution in [-0.2, 0) is 6.42 Å².